The predicted molar refractivity (Wildman–Crippen MR) is 88.6 cm³/mol. The number of thiophene rings is 1. The fraction of sp³-hybridized carbons (Fsp3) is 0.571. The monoisotopic (exact) mass is 309 g/mol. The SMILES string of the molecule is CCCC(CCO)CNc1nc(NN)nc2sc(C)cc12. The van der Waals surface area contributed by atoms with Crippen LogP contribution in [0.2, 0.25) is 0 Å². The minimum atomic E-state index is 0.221. The first-order chi connectivity index (χ1) is 10.2. The molecule has 0 aromatic carbocycles. The van der Waals surface area contributed by atoms with E-state index in [1.807, 2.05) is 0 Å². The van der Waals surface area contributed by atoms with E-state index in [1.54, 1.807) is 11.3 Å². The topological polar surface area (TPSA) is 96.1 Å². The van der Waals surface area contributed by atoms with Crippen LogP contribution in [0.3, 0.4) is 0 Å². The molecular weight excluding hydrogens is 286 g/mol. The van der Waals surface area contributed by atoms with Crippen molar-refractivity contribution < 1.29 is 5.11 Å². The van der Waals surface area contributed by atoms with Crippen molar-refractivity contribution in [2.45, 2.75) is 33.1 Å². The number of hydrazine groups is 1. The molecule has 6 nitrogen and oxygen atoms in total. The highest BCUT2D eigenvalue weighted by Crippen LogP contribution is 2.29. The summed E-state index contributed by atoms with van der Waals surface area (Å²) < 4.78 is 0. The molecule has 2 aromatic heterocycles. The molecular formula is C14H23N5OS. The van der Waals surface area contributed by atoms with Crippen molar-refractivity contribution in [2.24, 2.45) is 11.8 Å². The largest absolute Gasteiger partial charge is 0.396 e. The van der Waals surface area contributed by atoms with Gasteiger partial charge in [0.15, 0.2) is 0 Å². The van der Waals surface area contributed by atoms with Crippen molar-refractivity contribution in [1.82, 2.24) is 9.97 Å². The van der Waals surface area contributed by atoms with Gasteiger partial charge < -0.3 is 10.4 Å². The van der Waals surface area contributed by atoms with E-state index in [2.05, 4.69) is 40.6 Å². The second-order valence-corrected chi connectivity index (χ2v) is 6.40. The lowest BCUT2D eigenvalue weighted by molar-refractivity contribution is 0.255. The molecule has 0 aliphatic carbocycles. The molecule has 1 atom stereocenters. The number of hydrogen-bond donors (Lipinski definition) is 4. The Morgan fingerprint density at radius 3 is 2.86 bits per heavy atom. The number of anilines is 2. The van der Waals surface area contributed by atoms with Crippen LogP contribution in [0.5, 0.6) is 0 Å². The van der Waals surface area contributed by atoms with Crippen LogP contribution in [0.25, 0.3) is 10.2 Å². The zero-order chi connectivity index (χ0) is 15.2. The second-order valence-electron chi connectivity index (χ2n) is 5.16. The average Bonchev–Trinajstić information content (AvgIpc) is 2.85. The Morgan fingerprint density at radius 1 is 1.38 bits per heavy atom. The van der Waals surface area contributed by atoms with Gasteiger partial charge in [-0.1, -0.05) is 13.3 Å². The Hall–Kier alpha value is -1.44. The molecule has 0 saturated carbocycles. The summed E-state index contributed by atoms with van der Waals surface area (Å²) in [6, 6.07) is 2.09. The molecule has 21 heavy (non-hydrogen) atoms. The molecule has 7 heteroatoms. The van der Waals surface area contributed by atoms with Crippen molar-refractivity contribution in [1.29, 1.82) is 0 Å². The van der Waals surface area contributed by atoms with Crippen molar-refractivity contribution in [3.05, 3.63) is 10.9 Å². The van der Waals surface area contributed by atoms with Crippen LogP contribution >= 0.6 is 11.3 Å². The molecule has 2 heterocycles. The van der Waals surface area contributed by atoms with E-state index in [0.29, 0.717) is 11.9 Å². The summed E-state index contributed by atoms with van der Waals surface area (Å²) in [5, 5.41) is 13.6. The molecule has 0 aliphatic rings. The molecule has 5 N–H and O–H groups in total. The molecule has 0 saturated heterocycles. The number of nitrogens with zero attached hydrogens (tertiary/aromatic N) is 2. The molecule has 0 radical (unpaired) electrons. The Morgan fingerprint density at radius 2 is 2.19 bits per heavy atom. The molecule has 0 spiro atoms. The van der Waals surface area contributed by atoms with Gasteiger partial charge in [-0.05, 0) is 31.7 Å². The van der Waals surface area contributed by atoms with Gasteiger partial charge in [-0.3, -0.25) is 5.43 Å². The Labute approximate surface area is 128 Å². The zero-order valence-electron chi connectivity index (χ0n) is 12.5. The van der Waals surface area contributed by atoms with Gasteiger partial charge in [-0.15, -0.1) is 11.3 Å². The summed E-state index contributed by atoms with van der Waals surface area (Å²) in [4.78, 5) is 10.9. The minimum absolute atomic E-state index is 0.221. The van der Waals surface area contributed by atoms with Crippen molar-refractivity contribution in [2.75, 3.05) is 23.9 Å². The van der Waals surface area contributed by atoms with Crippen LogP contribution in [0, 0.1) is 12.8 Å². The summed E-state index contributed by atoms with van der Waals surface area (Å²) >= 11 is 1.62. The number of aliphatic hydroxyl groups excluding tert-OH is 1. The van der Waals surface area contributed by atoms with Gasteiger partial charge in [0.2, 0.25) is 5.95 Å². The van der Waals surface area contributed by atoms with Gasteiger partial charge in [0.1, 0.15) is 10.6 Å². The maximum atomic E-state index is 9.14. The third-order valence-corrected chi connectivity index (χ3v) is 4.38. The highest BCUT2D eigenvalue weighted by atomic mass is 32.1. The number of rotatable bonds is 8. The van der Waals surface area contributed by atoms with Gasteiger partial charge in [0.25, 0.3) is 0 Å². The molecule has 0 fully saturated rings. The fourth-order valence-corrected chi connectivity index (χ4v) is 3.30. The first kappa shape index (κ1) is 15.9. The van der Waals surface area contributed by atoms with E-state index in [-0.39, 0.29) is 6.61 Å². The highest BCUT2D eigenvalue weighted by Gasteiger charge is 2.12. The number of aliphatic hydroxyl groups is 1. The zero-order valence-corrected chi connectivity index (χ0v) is 13.3. The van der Waals surface area contributed by atoms with Crippen molar-refractivity contribution >= 4 is 33.3 Å². The third kappa shape index (κ3) is 4.03. The predicted octanol–water partition coefficient (Wildman–Crippen LogP) is 2.50. The molecule has 2 aromatic rings. The Balaban J connectivity index is 2.19. The van der Waals surface area contributed by atoms with E-state index in [0.717, 1.165) is 41.8 Å². The van der Waals surface area contributed by atoms with Crippen LogP contribution in [-0.2, 0) is 0 Å². The summed E-state index contributed by atoms with van der Waals surface area (Å²) in [5.74, 6) is 7.10. The number of hydrogen-bond acceptors (Lipinski definition) is 7. The van der Waals surface area contributed by atoms with Gasteiger partial charge in [-0.2, -0.15) is 4.98 Å². The smallest absolute Gasteiger partial charge is 0.240 e. The molecule has 2 rings (SSSR count). The lowest BCUT2D eigenvalue weighted by Crippen LogP contribution is -2.17. The van der Waals surface area contributed by atoms with E-state index in [4.69, 9.17) is 10.9 Å². The van der Waals surface area contributed by atoms with E-state index in [1.165, 1.54) is 4.88 Å². The number of nitrogens with one attached hydrogen (secondary N) is 2. The number of aromatic nitrogens is 2. The normalized spacial score (nSPS) is 12.6. The standard InChI is InChI=1S/C14H23N5OS/c1-3-4-10(5-6-20)8-16-12-11-7-9(2)21-13(11)18-14(17-12)19-15/h7,10,20H,3-6,8,15H2,1-2H3,(H2,16,17,18,19). The van der Waals surface area contributed by atoms with Gasteiger partial charge in [-0.25, -0.2) is 10.8 Å². The van der Waals surface area contributed by atoms with Crippen LogP contribution in [0.4, 0.5) is 11.8 Å². The molecule has 1 unspecified atom stereocenters. The number of nitrogens with two attached hydrogens (primary N) is 1. The third-order valence-electron chi connectivity index (χ3n) is 3.44. The Bertz CT molecular complexity index is 580. The lowest BCUT2D eigenvalue weighted by Gasteiger charge is -2.16. The van der Waals surface area contributed by atoms with Gasteiger partial charge in [0.05, 0.1) is 5.39 Å². The van der Waals surface area contributed by atoms with Crippen LogP contribution in [-0.4, -0.2) is 28.2 Å². The summed E-state index contributed by atoms with van der Waals surface area (Å²) in [6.45, 7) is 5.22. The van der Waals surface area contributed by atoms with Crippen molar-refractivity contribution in [3.8, 4) is 0 Å². The van der Waals surface area contributed by atoms with E-state index < -0.39 is 0 Å². The van der Waals surface area contributed by atoms with E-state index in [9.17, 15) is 0 Å². The molecule has 0 amide bonds. The minimum Gasteiger partial charge on any atom is -0.396 e. The quantitative estimate of drug-likeness (QED) is 0.442. The Kier molecular flexibility index (Phi) is 5.72. The average molecular weight is 309 g/mol. The van der Waals surface area contributed by atoms with Gasteiger partial charge >= 0.3 is 0 Å². The second kappa shape index (κ2) is 7.53. The highest BCUT2D eigenvalue weighted by molar-refractivity contribution is 7.18. The fourth-order valence-electron chi connectivity index (χ4n) is 2.42. The molecule has 0 bridgehead atoms. The van der Waals surface area contributed by atoms with E-state index >= 15 is 0 Å². The molecule has 116 valence electrons. The van der Waals surface area contributed by atoms with Gasteiger partial charge in [0, 0.05) is 18.0 Å². The maximum absolute atomic E-state index is 9.14. The molecule has 0 aliphatic heterocycles. The lowest BCUT2D eigenvalue weighted by atomic mass is 10.0. The van der Waals surface area contributed by atoms with Crippen LogP contribution in [0.1, 0.15) is 31.1 Å². The van der Waals surface area contributed by atoms with Crippen LogP contribution in [0.15, 0.2) is 6.07 Å². The van der Waals surface area contributed by atoms with Crippen LogP contribution < -0.4 is 16.6 Å². The first-order valence-electron chi connectivity index (χ1n) is 7.27. The summed E-state index contributed by atoms with van der Waals surface area (Å²) in [7, 11) is 0. The maximum Gasteiger partial charge on any atom is 0.240 e. The number of aryl methyl sites for hydroxylation is 1. The summed E-state index contributed by atoms with van der Waals surface area (Å²) in [5.41, 5.74) is 2.51. The summed E-state index contributed by atoms with van der Waals surface area (Å²) in [6.07, 6.45) is 3.00. The number of fused-ring (bicyclic) bond motifs is 1. The number of nitrogen functional groups attached to an aromatic ring is 1. The first-order valence-corrected chi connectivity index (χ1v) is 8.09. The van der Waals surface area contributed by atoms with Crippen molar-refractivity contribution in [3.63, 3.8) is 0 Å².